The monoisotopic (exact) mass is 577 g/mol. The van der Waals surface area contributed by atoms with Crippen molar-refractivity contribution in [3.05, 3.63) is 77.6 Å². The van der Waals surface area contributed by atoms with Crippen LogP contribution in [-0.4, -0.2) is 77.6 Å². The Bertz CT molecular complexity index is 1280. The molecular weight excluding hydrogens is 534 g/mol. The van der Waals surface area contributed by atoms with E-state index >= 15 is 0 Å². The van der Waals surface area contributed by atoms with Crippen LogP contribution in [0.3, 0.4) is 0 Å². The maximum atomic E-state index is 12.2. The summed E-state index contributed by atoms with van der Waals surface area (Å²) in [5.41, 5.74) is 4.06. The third-order valence-corrected chi connectivity index (χ3v) is 11.2. The van der Waals surface area contributed by atoms with Crippen molar-refractivity contribution in [2.75, 3.05) is 31.1 Å². The first-order valence-corrected chi connectivity index (χ1v) is 17.8. The first-order chi connectivity index (χ1) is 19.7. The predicted molar refractivity (Wildman–Crippen MR) is 161 cm³/mol. The number of carbonyl (C=O) groups is 1. The Morgan fingerprint density at radius 1 is 1.10 bits per heavy atom. The molecule has 220 valence electrons. The fourth-order valence-corrected chi connectivity index (χ4v) is 9.26. The zero-order valence-corrected chi connectivity index (χ0v) is 25.3. The quantitative estimate of drug-likeness (QED) is 0.300. The summed E-state index contributed by atoms with van der Waals surface area (Å²) < 4.78 is 8.48. The minimum absolute atomic E-state index is 0.0312. The van der Waals surface area contributed by atoms with Crippen molar-refractivity contribution in [2.45, 2.75) is 69.5 Å². The molecule has 5 atom stereocenters. The number of rotatable bonds is 11. The van der Waals surface area contributed by atoms with Gasteiger partial charge in [0.05, 0.1) is 37.0 Å². The first-order valence-electron chi connectivity index (χ1n) is 14.8. The van der Waals surface area contributed by atoms with Gasteiger partial charge in [0, 0.05) is 37.1 Å². The second-order valence-electron chi connectivity index (χ2n) is 12.0. The molecule has 3 heterocycles. The minimum Gasteiger partial charge on any atom is -0.432 e. The third-order valence-electron chi connectivity index (χ3n) is 8.71. The van der Waals surface area contributed by atoms with Gasteiger partial charge in [0.25, 0.3) is 0 Å². The molecule has 1 aromatic heterocycles. The van der Waals surface area contributed by atoms with Gasteiger partial charge < -0.3 is 24.9 Å². The molecule has 41 heavy (non-hydrogen) atoms. The van der Waals surface area contributed by atoms with Crippen LogP contribution in [0.2, 0.25) is 18.6 Å². The van der Waals surface area contributed by atoms with Gasteiger partial charge in [-0.2, -0.15) is 0 Å². The first kappa shape index (κ1) is 29.6. The smallest absolute Gasteiger partial charge is 0.240 e. The van der Waals surface area contributed by atoms with Gasteiger partial charge in [-0.1, -0.05) is 54.6 Å². The molecular formula is C31H43N5O4Si. The van der Waals surface area contributed by atoms with Crippen LogP contribution in [0.4, 0.5) is 5.69 Å². The number of anilines is 1. The molecule has 9 nitrogen and oxygen atoms in total. The lowest BCUT2D eigenvalue weighted by Gasteiger charge is -2.30. The van der Waals surface area contributed by atoms with Gasteiger partial charge in [-0.3, -0.25) is 9.48 Å². The van der Waals surface area contributed by atoms with Gasteiger partial charge in [-0.05, 0) is 61.5 Å². The molecule has 3 aromatic rings. The van der Waals surface area contributed by atoms with Crippen molar-refractivity contribution in [3.8, 4) is 0 Å². The lowest BCUT2D eigenvalue weighted by atomic mass is 9.95. The molecule has 5 rings (SSSR count). The van der Waals surface area contributed by atoms with Crippen LogP contribution in [0.25, 0.3) is 0 Å². The summed E-state index contributed by atoms with van der Waals surface area (Å²) in [4.78, 5) is 25.3. The van der Waals surface area contributed by atoms with E-state index in [1.165, 1.54) is 5.56 Å². The average molecular weight is 578 g/mol. The van der Waals surface area contributed by atoms with Gasteiger partial charge in [0.2, 0.25) is 5.91 Å². The maximum Gasteiger partial charge on any atom is 0.240 e. The molecule has 0 aliphatic carbocycles. The number of hydrogen-bond acceptors (Lipinski definition) is 7. The highest BCUT2D eigenvalue weighted by Gasteiger charge is 2.49. The van der Waals surface area contributed by atoms with Crippen LogP contribution >= 0.6 is 0 Å². The highest BCUT2D eigenvalue weighted by Crippen LogP contribution is 2.45. The second kappa shape index (κ2) is 13.0. The van der Waals surface area contributed by atoms with Crippen LogP contribution < -0.4 is 10.2 Å². The Morgan fingerprint density at radius 2 is 1.85 bits per heavy atom. The lowest BCUT2D eigenvalue weighted by molar-refractivity contribution is -0.118. The number of aryl methyl sites for hydroxylation is 2. The summed E-state index contributed by atoms with van der Waals surface area (Å²) in [6.45, 7) is 8.75. The standard InChI is InChI=1S/C31H43N5O4Si/c1-22-28(14-11-23-9-12-25(13-10-23)36-18-16-32-19-30(36)38)40-29(31(22)41(2,3)39)15-17-35-20-27(33-34-35)26(21-37)24-7-5-4-6-8-24/h4-10,12-13,20,22,26,28-29,31-32,37,39H,11,14-19,21H2,1-3H3/t22-,26?,28+,29-,31+/m0/s1. The van der Waals surface area contributed by atoms with Crippen LogP contribution in [-0.2, 0) is 22.5 Å². The fourth-order valence-electron chi connectivity index (χ4n) is 6.61. The van der Waals surface area contributed by atoms with Crippen molar-refractivity contribution < 1.29 is 19.4 Å². The molecule has 0 spiro atoms. The van der Waals surface area contributed by atoms with Crippen molar-refractivity contribution in [3.63, 3.8) is 0 Å². The number of piperazine rings is 1. The lowest BCUT2D eigenvalue weighted by Crippen LogP contribution is -2.48. The molecule has 2 aliphatic rings. The summed E-state index contributed by atoms with van der Waals surface area (Å²) in [5.74, 6) is 0.157. The Morgan fingerprint density at radius 3 is 2.54 bits per heavy atom. The summed E-state index contributed by atoms with van der Waals surface area (Å²) in [6.07, 6.45) is 4.45. The number of amides is 1. The van der Waals surface area contributed by atoms with Gasteiger partial charge in [0.1, 0.15) is 0 Å². The molecule has 3 N–H and O–H groups in total. The summed E-state index contributed by atoms with van der Waals surface area (Å²) in [7, 11) is -2.48. The molecule has 0 radical (unpaired) electrons. The molecule has 2 aromatic carbocycles. The summed E-state index contributed by atoms with van der Waals surface area (Å²) >= 11 is 0. The number of ether oxygens (including phenoxy) is 1. The number of benzene rings is 2. The van der Waals surface area contributed by atoms with E-state index in [1.54, 1.807) is 0 Å². The van der Waals surface area contributed by atoms with E-state index in [2.05, 4.69) is 34.7 Å². The van der Waals surface area contributed by atoms with Crippen LogP contribution in [0.15, 0.2) is 60.8 Å². The van der Waals surface area contributed by atoms with Gasteiger partial charge in [0.15, 0.2) is 8.32 Å². The van der Waals surface area contributed by atoms with E-state index in [0.29, 0.717) is 19.6 Å². The molecule has 0 saturated carbocycles. The van der Waals surface area contributed by atoms with Crippen LogP contribution in [0, 0.1) is 5.92 Å². The highest BCUT2D eigenvalue weighted by molar-refractivity contribution is 6.71. The topological polar surface area (TPSA) is 113 Å². The van der Waals surface area contributed by atoms with Crippen molar-refractivity contribution in [2.24, 2.45) is 5.92 Å². The Kier molecular flexibility index (Phi) is 9.35. The average Bonchev–Trinajstić information content (AvgIpc) is 3.56. The summed E-state index contributed by atoms with van der Waals surface area (Å²) in [6, 6.07) is 18.2. The zero-order valence-electron chi connectivity index (χ0n) is 24.3. The van der Waals surface area contributed by atoms with Crippen molar-refractivity contribution >= 4 is 19.9 Å². The minimum atomic E-state index is -2.48. The number of aromatic nitrogens is 3. The highest BCUT2D eigenvalue weighted by atomic mass is 28.4. The van der Waals surface area contributed by atoms with E-state index in [9.17, 15) is 14.7 Å². The predicted octanol–water partition coefficient (Wildman–Crippen LogP) is 3.33. The van der Waals surface area contributed by atoms with E-state index in [1.807, 2.05) is 71.3 Å². The Hall–Kier alpha value is -2.89. The normalized spacial score (nSPS) is 24.1. The zero-order chi connectivity index (χ0) is 29.0. The Labute approximate surface area is 243 Å². The fraction of sp³-hybridized carbons (Fsp3) is 0.516. The number of carbonyl (C=O) groups excluding carboxylic acids is 1. The van der Waals surface area contributed by atoms with E-state index in [4.69, 9.17) is 4.74 Å². The van der Waals surface area contributed by atoms with E-state index in [-0.39, 0.29) is 42.1 Å². The molecule has 1 amide bonds. The van der Waals surface area contributed by atoms with Crippen LogP contribution in [0.5, 0.6) is 0 Å². The Balaban J connectivity index is 1.19. The van der Waals surface area contributed by atoms with Crippen molar-refractivity contribution in [1.82, 2.24) is 20.3 Å². The maximum absolute atomic E-state index is 12.2. The molecule has 10 heteroatoms. The van der Waals surface area contributed by atoms with E-state index < -0.39 is 8.32 Å². The molecule has 1 unspecified atom stereocenters. The van der Waals surface area contributed by atoms with E-state index in [0.717, 1.165) is 42.8 Å². The number of nitrogens with one attached hydrogen (secondary N) is 1. The number of aliphatic hydroxyl groups excluding tert-OH is 1. The van der Waals surface area contributed by atoms with Gasteiger partial charge >= 0.3 is 0 Å². The van der Waals surface area contributed by atoms with Crippen molar-refractivity contribution in [1.29, 1.82) is 0 Å². The number of hydrogen-bond donors (Lipinski definition) is 3. The van der Waals surface area contributed by atoms with Crippen LogP contribution in [0.1, 0.15) is 42.5 Å². The summed E-state index contributed by atoms with van der Waals surface area (Å²) in [5, 5.41) is 21.8. The largest absolute Gasteiger partial charge is 0.432 e. The van der Waals surface area contributed by atoms with Gasteiger partial charge in [-0.15, -0.1) is 5.10 Å². The molecule has 2 aliphatic heterocycles. The molecule has 0 bridgehead atoms. The molecule has 2 saturated heterocycles. The number of aliphatic hydroxyl groups is 1. The third kappa shape index (κ3) is 6.95. The number of nitrogens with zero attached hydrogens (tertiary/aromatic N) is 4. The SMILES string of the molecule is C[C@@H]1[C@@H]([Si](C)(C)O)[C@H](CCn2cc(C(CO)c3ccccc3)nn2)O[C@@H]1CCc1ccc(N2CCNCC2=O)cc1. The van der Waals surface area contributed by atoms with Gasteiger partial charge in [-0.25, -0.2) is 0 Å². The molecule has 2 fully saturated rings. The second-order valence-corrected chi connectivity index (χ2v) is 16.0.